The Morgan fingerprint density at radius 2 is 1.33 bits per heavy atom. The quantitative estimate of drug-likeness (QED) is 0.561. The van der Waals surface area contributed by atoms with E-state index in [1.165, 1.54) is 0 Å². The van der Waals surface area contributed by atoms with Gasteiger partial charge in [-0.25, -0.2) is 0 Å². The van der Waals surface area contributed by atoms with E-state index in [0.717, 1.165) is 5.56 Å². The molecule has 3 nitrogen and oxygen atoms in total. The van der Waals surface area contributed by atoms with Crippen LogP contribution in [0.5, 0.6) is 11.5 Å². The number of halogens is 3. The number of rotatable bonds is 2. The third-order valence-electron chi connectivity index (χ3n) is 3.44. The lowest BCUT2D eigenvalue weighted by molar-refractivity contribution is 0.481. The van der Waals surface area contributed by atoms with Crippen LogP contribution < -0.4 is 4.74 Å². The molecule has 6 heteroatoms. The maximum absolute atomic E-state index is 9.22. The maximum Gasteiger partial charge on any atom is 0.167 e. The fourth-order valence-corrected chi connectivity index (χ4v) is 2.85. The molecular weight excluding hydrogens is 367 g/mol. The van der Waals surface area contributed by atoms with Gasteiger partial charge in [-0.1, -0.05) is 67.7 Å². The molecule has 0 atom stereocenters. The maximum atomic E-state index is 9.22. The monoisotopic (exact) mass is 378 g/mol. The summed E-state index contributed by atoms with van der Waals surface area (Å²) >= 11 is 18.4. The Kier molecular flexibility index (Phi) is 5.31. The van der Waals surface area contributed by atoms with Crippen LogP contribution in [0.2, 0.25) is 15.1 Å². The van der Waals surface area contributed by atoms with Crippen LogP contribution in [0.15, 0.2) is 24.3 Å². The minimum absolute atomic E-state index is 0.00267. The first-order valence-electron chi connectivity index (χ1n) is 6.99. The second-order valence-electron chi connectivity index (χ2n) is 6.12. The number of hydrogen-bond donors (Lipinski definition) is 0. The van der Waals surface area contributed by atoms with Crippen LogP contribution >= 0.6 is 34.8 Å². The van der Waals surface area contributed by atoms with Crippen LogP contribution in [-0.4, -0.2) is 0 Å². The molecule has 2 aromatic rings. The molecular formula is C18H13Cl3N2O. The second-order valence-corrected chi connectivity index (χ2v) is 7.26. The van der Waals surface area contributed by atoms with Crippen LogP contribution in [0.3, 0.4) is 0 Å². The fraction of sp³-hybridized carbons (Fsp3) is 0.222. The van der Waals surface area contributed by atoms with Crippen molar-refractivity contribution in [3.8, 4) is 23.6 Å². The van der Waals surface area contributed by atoms with Crippen molar-refractivity contribution in [1.29, 1.82) is 10.5 Å². The summed E-state index contributed by atoms with van der Waals surface area (Å²) in [5.74, 6) is 0.554. The highest BCUT2D eigenvalue weighted by Gasteiger charge is 2.23. The number of ether oxygens (including phenoxy) is 1. The van der Waals surface area contributed by atoms with Crippen LogP contribution in [0, 0.1) is 22.7 Å². The number of nitriles is 2. The van der Waals surface area contributed by atoms with Crippen molar-refractivity contribution < 1.29 is 4.74 Å². The van der Waals surface area contributed by atoms with Crippen molar-refractivity contribution in [2.45, 2.75) is 26.2 Å². The topological polar surface area (TPSA) is 56.8 Å². The Bertz CT molecular complexity index is 870. The molecule has 0 aromatic heterocycles. The summed E-state index contributed by atoms with van der Waals surface area (Å²) in [6, 6.07) is 11.1. The van der Waals surface area contributed by atoms with E-state index >= 15 is 0 Å². The summed E-state index contributed by atoms with van der Waals surface area (Å²) < 4.78 is 5.72. The molecule has 0 aliphatic rings. The third kappa shape index (κ3) is 3.45. The van der Waals surface area contributed by atoms with Gasteiger partial charge in [0.15, 0.2) is 5.75 Å². The van der Waals surface area contributed by atoms with Gasteiger partial charge in [0.2, 0.25) is 0 Å². The number of hydrogen-bond acceptors (Lipinski definition) is 3. The van der Waals surface area contributed by atoms with E-state index in [9.17, 15) is 5.26 Å². The molecule has 24 heavy (non-hydrogen) atoms. The lowest BCUT2D eigenvalue weighted by Gasteiger charge is -2.19. The molecule has 0 aliphatic heterocycles. The minimum Gasteiger partial charge on any atom is -0.454 e. The van der Waals surface area contributed by atoms with E-state index in [4.69, 9.17) is 44.8 Å². The number of nitrogens with zero attached hydrogens (tertiary/aromatic N) is 2. The second kappa shape index (κ2) is 6.91. The summed E-state index contributed by atoms with van der Waals surface area (Å²) in [5.41, 5.74) is 1.03. The molecule has 0 amide bonds. The van der Waals surface area contributed by atoms with Gasteiger partial charge in [-0.15, -0.1) is 0 Å². The van der Waals surface area contributed by atoms with Crippen molar-refractivity contribution in [3.05, 3.63) is 56.0 Å². The van der Waals surface area contributed by atoms with Gasteiger partial charge < -0.3 is 4.74 Å². The molecule has 2 aromatic carbocycles. The van der Waals surface area contributed by atoms with Crippen molar-refractivity contribution in [2.75, 3.05) is 0 Å². The first-order valence-corrected chi connectivity index (χ1v) is 8.13. The van der Waals surface area contributed by atoms with Gasteiger partial charge in [-0.2, -0.15) is 10.5 Å². The lowest BCUT2D eigenvalue weighted by Crippen LogP contribution is -2.10. The Balaban J connectivity index is 2.50. The van der Waals surface area contributed by atoms with Gasteiger partial charge in [0.05, 0.1) is 16.1 Å². The van der Waals surface area contributed by atoms with Gasteiger partial charge in [-0.05, 0) is 23.1 Å². The first kappa shape index (κ1) is 18.4. The lowest BCUT2D eigenvalue weighted by atomic mass is 9.87. The van der Waals surface area contributed by atoms with Crippen LogP contribution in [0.1, 0.15) is 37.5 Å². The SMILES string of the molecule is CC(C)(C)c1ccc(Oc2c(Cl)c(Cl)c(C#N)c(C#N)c2Cl)cc1. The van der Waals surface area contributed by atoms with Crippen molar-refractivity contribution in [1.82, 2.24) is 0 Å². The van der Waals surface area contributed by atoms with Gasteiger partial charge in [0.25, 0.3) is 0 Å². The highest BCUT2D eigenvalue weighted by atomic mass is 35.5. The molecule has 0 saturated heterocycles. The zero-order valence-corrected chi connectivity index (χ0v) is 15.5. The minimum atomic E-state index is -0.0652. The van der Waals surface area contributed by atoms with E-state index < -0.39 is 0 Å². The van der Waals surface area contributed by atoms with Gasteiger partial charge in [0, 0.05) is 0 Å². The van der Waals surface area contributed by atoms with Crippen molar-refractivity contribution >= 4 is 34.8 Å². The Labute approximate surface area is 155 Å². The zero-order valence-electron chi connectivity index (χ0n) is 13.2. The molecule has 2 rings (SSSR count). The molecule has 0 bridgehead atoms. The Hall–Kier alpha value is -1.91. The summed E-state index contributed by atoms with van der Waals surface area (Å²) in [7, 11) is 0. The Morgan fingerprint density at radius 1 is 0.833 bits per heavy atom. The highest BCUT2D eigenvalue weighted by molar-refractivity contribution is 6.46. The molecule has 0 radical (unpaired) electrons. The highest BCUT2D eigenvalue weighted by Crippen LogP contribution is 2.45. The summed E-state index contributed by atoms with van der Waals surface area (Å²) in [5, 5.41) is 18.2. The van der Waals surface area contributed by atoms with Crippen molar-refractivity contribution in [2.24, 2.45) is 0 Å². The number of benzene rings is 2. The molecule has 0 spiro atoms. The zero-order chi connectivity index (χ0) is 18.1. The molecule has 0 saturated carbocycles. The standard InChI is InChI=1S/C18H13Cl3N2O/c1-18(2,3)10-4-6-11(7-5-10)24-17-15(20)13(9-23)12(8-22)14(19)16(17)21/h4-7H,1-3H3. The summed E-state index contributed by atoms with van der Waals surface area (Å²) in [6.45, 7) is 6.32. The van der Waals surface area contributed by atoms with E-state index in [1.54, 1.807) is 12.1 Å². The van der Waals surface area contributed by atoms with E-state index in [-0.39, 0.29) is 37.4 Å². The van der Waals surface area contributed by atoms with E-state index in [2.05, 4.69) is 20.8 Å². The van der Waals surface area contributed by atoms with E-state index in [0.29, 0.717) is 5.75 Å². The smallest absolute Gasteiger partial charge is 0.167 e. The average Bonchev–Trinajstić information content (AvgIpc) is 2.54. The predicted molar refractivity (Wildman–Crippen MR) is 96.1 cm³/mol. The molecule has 0 fully saturated rings. The van der Waals surface area contributed by atoms with Crippen LogP contribution in [-0.2, 0) is 5.41 Å². The predicted octanol–water partition coefficient (Wildman–Crippen LogP) is 6.48. The van der Waals surface area contributed by atoms with Crippen molar-refractivity contribution in [3.63, 3.8) is 0 Å². The molecule has 0 unspecified atom stereocenters. The normalized spacial score (nSPS) is 10.8. The Morgan fingerprint density at radius 3 is 1.79 bits per heavy atom. The molecule has 0 N–H and O–H groups in total. The fourth-order valence-electron chi connectivity index (χ4n) is 2.08. The first-order chi connectivity index (χ1) is 11.2. The summed E-state index contributed by atoms with van der Waals surface area (Å²) in [6.07, 6.45) is 0. The van der Waals surface area contributed by atoms with Gasteiger partial charge >= 0.3 is 0 Å². The molecule has 122 valence electrons. The van der Waals surface area contributed by atoms with Crippen LogP contribution in [0.25, 0.3) is 0 Å². The molecule has 0 aliphatic carbocycles. The van der Waals surface area contributed by atoms with Crippen LogP contribution in [0.4, 0.5) is 0 Å². The summed E-state index contributed by atoms with van der Waals surface area (Å²) in [4.78, 5) is 0. The average molecular weight is 380 g/mol. The third-order valence-corrected chi connectivity index (χ3v) is 4.64. The van der Waals surface area contributed by atoms with E-state index in [1.807, 2.05) is 24.3 Å². The van der Waals surface area contributed by atoms with Gasteiger partial charge in [-0.3, -0.25) is 0 Å². The molecule has 0 heterocycles. The largest absolute Gasteiger partial charge is 0.454 e. The van der Waals surface area contributed by atoms with Gasteiger partial charge in [0.1, 0.15) is 27.9 Å².